The molecule has 0 saturated carbocycles. The number of ether oxygens (including phenoxy) is 2. The van der Waals surface area contributed by atoms with Gasteiger partial charge in [0.25, 0.3) is 0 Å². The van der Waals surface area contributed by atoms with Crippen LogP contribution in [0.15, 0.2) is 65.2 Å². The molecule has 3 aromatic carbocycles. The molecule has 39 heavy (non-hydrogen) atoms. The number of fused-ring (bicyclic) bond motifs is 2. The van der Waals surface area contributed by atoms with Crippen LogP contribution in [-0.2, 0) is 11.2 Å². The maximum atomic E-state index is 11.3. The van der Waals surface area contributed by atoms with Gasteiger partial charge in [-0.25, -0.2) is 4.79 Å². The zero-order chi connectivity index (χ0) is 27.5. The minimum absolute atomic E-state index is 0.0573. The number of halogens is 1. The van der Waals surface area contributed by atoms with E-state index in [1.54, 1.807) is 12.1 Å². The number of nitrogens with zero attached hydrogens (tertiary/aromatic N) is 2. The Morgan fingerprint density at radius 1 is 1.13 bits per heavy atom. The molecule has 0 bridgehead atoms. The van der Waals surface area contributed by atoms with E-state index < -0.39 is 12.1 Å². The lowest BCUT2D eigenvalue weighted by molar-refractivity contribution is -0.144. The van der Waals surface area contributed by atoms with Crippen LogP contribution < -0.4 is 14.4 Å². The summed E-state index contributed by atoms with van der Waals surface area (Å²) in [6.07, 6.45) is 3.11. The molecule has 5 rings (SSSR count). The van der Waals surface area contributed by atoms with E-state index in [-0.39, 0.29) is 12.0 Å². The molecule has 4 aromatic rings. The van der Waals surface area contributed by atoms with Gasteiger partial charge < -0.3 is 24.0 Å². The van der Waals surface area contributed by atoms with E-state index in [0.717, 1.165) is 53.9 Å². The third-order valence-electron chi connectivity index (χ3n) is 7.32. The number of unbranched alkanes of at least 4 members (excludes halogenated alkanes) is 2. The Morgan fingerprint density at radius 2 is 1.97 bits per heavy atom. The highest BCUT2D eigenvalue weighted by Crippen LogP contribution is 2.49. The first-order chi connectivity index (χ1) is 18.9. The second-order valence-corrected chi connectivity index (χ2v) is 10.5. The van der Waals surface area contributed by atoms with Crippen LogP contribution in [0.4, 0.5) is 11.5 Å². The molecular weight excluding hydrogens is 516 g/mol. The first kappa shape index (κ1) is 26.9. The third-order valence-corrected chi connectivity index (χ3v) is 7.56. The summed E-state index contributed by atoms with van der Waals surface area (Å²) in [5.41, 5.74) is 3.93. The summed E-state index contributed by atoms with van der Waals surface area (Å²) in [4.78, 5) is 13.5. The summed E-state index contributed by atoms with van der Waals surface area (Å²) < 4.78 is 17.4. The smallest absolute Gasteiger partial charge is 0.344 e. The lowest BCUT2D eigenvalue weighted by atomic mass is 9.89. The van der Waals surface area contributed by atoms with Gasteiger partial charge >= 0.3 is 5.97 Å². The topological polar surface area (TPSA) is 85.0 Å². The van der Waals surface area contributed by atoms with Crippen LogP contribution in [0.5, 0.6) is 11.5 Å². The van der Waals surface area contributed by atoms with E-state index in [4.69, 9.17) is 25.6 Å². The van der Waals surface area contributed by atoms with Crippen LogP contribution in [0.1, 0.15) is 57.1 Å². The predicted octanol–water partition coefficient (Wildman–Crippen LogP) is 7.77. The SMILES string of the molecule is CCCCCOc1ccc2c(c1)C(Cc1cccc(O[C@@H](C)C(=O)O)c1)C(C)N2c1noc2cc(Cl)ccc12. The molecule has 2 unspecified atom stereocenters. The van der Waals surface area contributed by atoms with Crippen LogP contribution in [0, 0.1) is 0 Å². The Kier molecular flexibility index (Phi) is 7.98. The Balaban J connectivity index is 1.49. The average molecular weight is 549 g/mol. The average Bonchev–Trinajstić information content (AvgIpc) is 3.44. The molecule has 1 aliphatic heterocycles. The van der Waals surface area contributed by atoms with Gasteiger partial charge in [-0.1, -0.05) is 48.7 Å². The molecule has 1 aromatic heterocycles. The molecular formula is C31H33ClN2O5. The molecule has 2 heterocycles. The van der Waals surface area contributed by atoms with Gasteiger partial charge in [-0.2, -0.15) is 0 Å². The predicted molar refractivity (Wildman–Crippen MR) is 153 cm³/mol. The standard InChI is InChI=1S/C31H33ClN2O5/c1-4-5-6-14-37-23-11-13-28-27(18-23)26(16-21-8-7-9-24(15-21)38-20(3)31(35)36)19(2)34(28)30-25-12-10-22(32)17-29(25)39-33-30/h7-13,15,17-20,26H,4-6,14,16H2,1-3H3,(H,35,36)/t19?,20-,26?/m0/s1. The van der Waals surface area contributed by atoms with Crippen molar-refractivity contribution in [1.29, 1.82) is 0 Å². The number of carbonyl (C=O) groups is 1. The van der Waals surface area contributed by atoms with E-state index >= 15 is 0 Å². The Morgan fingerprint density at radius 3 is 2.77 bits per heavy atom. The zero-order valence-corrected chi connectivity index (χ0v) is 23.1. The fourth-order valence-corrected chi connectivity index (χ4v) is 5.42. The van der Waals surface area contributed by atoms with Gasteiger partial charge in [0, 0.05) is 28.7 Å². The van der Waals surface area contributed by atoms with Crippen molar-refractivity contribution in [2.24, 2.45) is 0 Å². The molecule has 3 atom stereocenters. The van der Waals surface area contributed by atoms with Gasteiger partial charge in [0.1, 0.15) is 11.5 Å². The molecule has 0 radical (unpaired) electrons. The maximum Gasteiger partial charge on any atom is 0.344 e. The minimum Gasteiger partial charge on any atom is -0.494 e. The summed E-state index contributed by atoms with van der Waals surface area (Å²) in [5.74, 6) is 1.26. The molecule has 0 amide bonds. The number of hydrogen-bond acceptors (Lipinski definition) is 6. The van der Waals surface area contributed by atoms with E-state index in [1.165, 1.54) is 12.5 Å². The van der Waals surface area contributed by atoms with E-state index in [2.05, 4.69) is 36.0 Å². The second kappa shape index (κ2) is 11.6. The molecule has 1 aliphatic rings. The lowest BCUT2D eigenvalue weighted by Gasteiger charge is -2.25. The Labute approximate surface area is 233 Å². The molecule has 1 N–H and O–H groups in total. The van der Waals surface area contributed by atoms with Gasteiger partial charge in [-0.05, 0) is 80.3 Å². The van der Waals surface area contributed by atoms with Crippen molar-refractivity contribution in [3.63, 3.8) is 0 Å². The second-order valence-electron chi connectivity index (χ2n) is 10.1. The number of carboxylic acid groups (broad SMARTS) is 1. The van der Waals surface area contributed by atoms with Crippen LogP contribution in [-0.4, -0.2) is 35.0 Å². The fourth-order valence-electron chi connectivity index (χ4n) is 5.25. The van der Waals surface area contributed by atoms with Gasteiger partial charge in [-0.3, -0.25) is 0 Å². The van der Waals surface area contributed by atoms with Crippen molar-refractivity contribution < 1.29 is 23.9 Å². The van der Waals surface area contributed by atoms with Gasteiger partial charge in [0.2, 0.25) is 0 Å². The number of carboxylic acids is 1. The normalized spacial score (nSPS) is 17.3. The molecule has 0 aliphatic carbocycles. The van der Waals surface area contributed by atoms with Crippen LogP contribution in [0.2, 0.25) is 5.02 Å². The summed E-state index contributed by atoms with van der Waals surface area (Å²) >= 11 is 6.19. The summed E-state index contributed by atoms with van der Waals surface area (Å²) in [6, 6.07) is 19.6. The first-order valence-corrected chi connectivity index (χ1v) is 13.8. The molecule has 0 fully saturated rings. The summed E-state index contributed by atoms with van der Waals surface area (Å²) in [7, 11) is 0. The fraction of sp³-hybridized carbons (Fsp3) is 0.355. The zero-order valence-electron chi connectivity index (χ0n) is 22.4. The first-order valence-electron chi connectivity index (χ1n) is 13.4. The molecule has 0 spiro atoms. The van der Waals surface area contributed by atoms with Crippen molar-refractivity contribution in [2.45, 2.75) is 64.5 Å². The van der Waals surface area contributed by atoms with Crippen molar-refractivity contribution in [3.05, 3.63) is 76.8 Å². The molecule has 204 valence electrons. The van der Waals surface area contributed by atoms with Crippen molar-refractivity contribution >= 4 is 40.0 Å². The number of hydrogen-bond donors (Lipinski definition) is 1. The monoisotopic (exact) mass is 548 g/mol. The van der Waals surface area contributed by atoms with Gasteiger partial charge in [0.15, 0.2) is 17.5 Å². The summed E-state index contributed by atoms with van der Waals surface area (Å²) in [6.45, 7) is 6.58. The quantitative estimate of drug-likeness (QED) is 0.192. The van der Waals surface area contributed by atoms with Crippen LogP contribution in [0.3, 0.4) is 0 Å². The van der Waals surface area contributed by atoms with Gasteiger partial charge in [0.05, 0.1) is 12.0 Å². The van der Waals surface area contributed by atoms with E-state index in [9.17, 15) is 9.90 Å². The van der Waals surface area contributed by atoms with Crippen molar-refractivity contribution in [1.82, 2.24) is 5.16 Å². The maximum absolute atomic E-state index is 11.3. The highest BCUT2D eigenvalue weighted by Gasteiger charge is 2.39. The highest BCUT2D eigenvalue weighted by molar-refractivity contribution is 6.31. The van der Waals surface area contributed by atoms with Crippen LogP contribution in [0.25, 0.3) is 11.0 Å². The molecule has 8 heteroatoms. The Hall–Kier alpha value is -3.71. The highest BCUT2D eigenvalue weighted by atomic mass is 35.5. The minimum atomic E-state index is -0.998. The summed E-state index contributed by atoms with van der Waals surface area (Å²) in [5, 5.41) is 15.2. The van der Waals surface area contributed by atoms with Gasteiger partial charge in [-0.15, -0.1) is 0 Å². The molecule has 7 nitrogen and oxygen atoms in total. The van der Waals surface area contributed by atoms with Crippen molar-refractivity contribution in [2.75, 3.05) is 11.5 Å². The Bertz CT molecular complexity index is 1470. The number of benzene rings is 3. The lowest BCUT2D eigenvalue weighted by Crippen LogP contribution is -2.28. The largest absolute Gasteiger partial charge is 0.494 e. The number of anilines is 2. The number of aliphatic carboxylic acids is 1. The molecule has 0 saturated heterocycles. The number of aromatic nitrogens is 1. The third kappa shape index (κ3) is 5.69. The van der Waals surface area contributed by atoms with E-state index in [1.807, 2.05) is 36.4 Å². The van der Waals surface area contributed by atoms with Crippen molar-refractivity contribution in [3.8, 4) is 11.5 Å². The van der Waals surface area contributed by atoms with Crippen LogP contribution >= 0.6 is 11.6 Å². The van der Waals surface area contributed by atoms with E-state index in [0.29, 0.717) is 23.0 Å². The number of rotatable bonds is 11.